The van der Waals surface area contributed by atoms with Crippen molar-refractivity contribution < 1.29 is 9.90 Å². The van der Waals surface area contributed by atoms with E-state index in [9.17, 15) is 4.79 Å². The number of hydrogen-bond donors (Lipinski definition) is 1. The topological polar surface area (TPSA) is 45.5 Å². The Labute approximate surface area is 109 Å². The highest BCUT2D eigenvalue weighted by molar-refractivity contribution is 5.67. The molecule has 0 radical (unpaired) electrons. The summed E-state index contributed by atoms with van der Waals surface area (Å²) in [6.45, 7) is 4.96. The second kappa shape index (κ2) is 7.93. The number of aliphatic carboxylic acids is 1. The van der Waals surface area contributed by atoms with Gasteiger partial charge < -0.3 is 14.6 Å². The number of carboxylic acid groups (broad SMARTS) is 1. The molecule has 0 aliphatic carbocycles. The van der Waals surface area contributed by atoms with Crippen LogP contribution in [0.1, 0.15) is 26.2 Å². The van der Waals surface area contributed by atoms with Crippen LogP contribution >= 0.6 is 0 Å². The van der Waals surface area contributed by atoms with Gasteiger partial charge in [0.15, 0.2) is 0 Å². The van der Waals surface area contributed by atoms with Gasteiger partial charge in [-0.15, -0.1) is 0 Å². The third-order valence-electron chi connectivity index (χ3n) is 3.23. The van der Waals surface area contributed by atoms with Crippen molar-refractivity contribution in [2.75, 3.05) is 20.1 Å². The first-order valence-electron chi connectivity index (χ1n) is 6.63. The Morgan fingerprint density at radius 1 is 1.39 bits per heavy atom. The number of carbonyl (C=O) groups is 1. The molecule has 1 unspecified atom stereocenters. The molecule has 1 heterocycles. The molecule has 4 heteroatoms. The molecule has 0 aliphatic heterocycles. The highest BCUT2D eigenvalue weighted by Gasteiger charge is 2.13. The summed E-state index contributed by atoms with van der Waals surface area (Å²) >= 11 is 0. The van der Waals surface area contributed by atoms with E-state index in [-0.39, 0.29) is 12.3 Å². The minimum absolute atomic E-state index is 0.263. The zero-order valence-electron chi connectivity index (χ0n) is 11.4. The summed E-state index contributed by atoms with van der Waals surface area (Å²) in [7, 11) is 2.07. The molecule has 0 amide bonds. The zero-order valence-corrected chi connectivity index (χ0v) is 11.4. The van der Waals surface area contributed by atoms with Gasteiger partial charge in [0, 0.05) is 31.9 Å². The number of aryl methyl sites for hydroxylation is 1. The van der Waals surface area contributed by atoms with Gasteiger partial charge in [-0.05, 0) is 38.1 Å². The molecule has 0 saturated carbocycles. The summed E-state index contributed by atoms with van der Waals surface area (Å²) in [5.41, 5.74) is 0. The van der Waals surface area contributed by atoms with E-state index < -0.39 is 5.97 Å². The van der Waals surface area contributed by atoms with Crippen LogP contribution in [0.25, 0.3) is 0 Å². The molecule has 0 aliphatic rings. The molecule has 1 N–H and O–H groups in total. The number of hydrogen-bond acceptors (Lipinski definition) is 2. The van der Waals surface area contributed by atoms with Crippen LogP contribution in [0.2, 0.25) is 0 Å². The van der Waals surface area contributed by atoms with E-state index >= 15 is 0 Å². The molecular weight excluding hydrogens is 228 g/mol. The molecule has 102 valence electrons. The van der Waals surface area contributed by atoms with Gasteiger partial charge >= 0.3 is 5.97 Å². The van der Waals surface area contributed by atoms with Gasteiger partial charge in [-0.2, -0.15) is 0 Å². The molecule has 18 heavy (non-hydrogen) atoms. The van der Waals surface area contributed by atoms with Crippen molar-refractivity contribution in [1.82, 2.24) is 9.47 Å². The van der Waals surface area contributed by atoms with Crippen molar-refractivity contribution in [2.45, 2.75) is 32.7 Å². The summed E-state index contributed by atoms with van der Waals surface area (Å²) < 4.78 is 2.17. The van der Waals surface area contributed by atoms with Gasteiger partial charge in [-0.3, -0.25) is 4.79 Å². The molecule has 1 aromatic rings. The smallest absolute Gasteiger partial charge is 0.303 e. The molecule has 1 atom stereocenters. The number of rotatable bonds is 9. The van der Waals surface area contributed by atoms with E-state index in [1.165, 1.54) is 0 Å². The van der Waals surface area contributed by atoms with Crippen molar-refractivity contribution in [3.05, 3.63) is 24.5 Å². The summed E-state index contributed by atoms with van der Waals surface area (Å²) in [6, 6.07) is 4.06. The zero-order chi connectivity index (χ0) is 13.4. The standard InChI is InChI=1S/C14H24N2O2/c1-3-13(11-14(17)18)12-15(2)7-6-10-16-8-4-5-9-16/h4-5,8-9,13H,3,6-7,10-12H2,1-2H3,(H,17,18). The maximum Gasteiger partial charge on any atom is 0.303 e. The number of carboxylic acids is 1. The van der Waals surface area contributed by atoms with E-state index in [1.54, 1.807) is 0 Å². The normalized spacial score (nSPS) is 12.8. The second-order valence-corrected chi connectivity index (χ2v) is 4.91. The van der Waals surface area contributed by atoms with Crippen molar-refractivity contribution in [3.63, 3.8) is 0 Å². The van der Waals surface area contributed by atoms with E-state index in [2.05, 4.69) is 35.8 Å². The summed E-state index contributed by atoms with van der Waals surface area (Å²) in [4.78, 5) is 12.9. The average molecular weight is 252 g/mol. The van der Waals surface area contributed by atoms with Crippen LogP contribution in [0.15, 0.2) is 24.5 Å². The lowest BCUT2D eigenvalue weighted by Gasteiger charge is -2.22. The van der Waals surface area contributed by atoms with Crippen molar-refractivity contribution in [1.29, 1.82) is 0 Å². The first-order valence-corrected chi connectivity index (χ1v) is 6.63. The minimum Gasteiger partial charge on any atom is -0.481 e. The maximum absolute atomic E-state index is 10.7. The van der Waals surface area contributed by atoms with Crippen LogP contribution in [-0.4, -0.2) is 40.7 Å². The van der Waals surface area contributed by atoms with Crippen LogP contribution < -0.4 is 0 Å². The monoisotopic (exact) mass is 252 g/mol. The van der Waals surface area contributed by atoms with Crippen LogP contribution in [0.3, 0.4) is 0 Å². The fourth-order valence-corrected chi connectivity index (χ4v) is 2.16. The lowest BCUT2D eigenvalue weighted by molar-refractivity contribution is -0.138. The number of aromatic nitrogens is 1. The van der Waals surface area contributed by atoms with E-state index in [1.807, 2.05) is 12.1 Å². The third kappa shape index (κ3) is 5.87. The highest BCUT2D eigenvalue weighted by atomic mass is 16.4. The molecule has 0 bridgehead atoms. The Morgan fingerprint density at radius 3 is 2.61 bits per heavy atom. The van der Waals surface area contributed by atoms with Gasteiger partial charge in [0.2, 0.25) is 0 Å². The van der Waals surface area contributed by atoms with Crippen molar-refractivity contribution in [2.24, 2.45) is 5.92 Å². The third-order valence-corrected chi connectivity index (χ3v) is 3.23. The minimum atomic E-state index is -0.692. The van der Waals surface area contributed by atoms with E-state index in [0.29, 0.717) is 0 Å². The Kier molecular flexibility index (Phi) is 6.50. The Morgan fingerprint density at radius 2 is 2.06 bits per heavy atom. The maximum atomic E-state index is 10.7. The summed E-state index contributed by atoms with van der Waals surface area (Å²) in [5, 5.41) is 8.81. The number of nitrogens with zero attached hydrogens (tertiary/aromatic N) is 2. The SMILES string of the molecule is CCC(CC(=O)O)CN(C)CCCn1cccc1. The summed E-state index contributed by atoms with van der Waals surface area (Å²) in [6.07, 6.45) is 6.43. The molecule has 1 rings (SSSR count). The fourth-order valence-electron chi connectivity index (χ4n) is 2.16. The summed E-state index contributed by atoms with van der Waals surface area (Å²) in [5.74, 6) is -0.429. The average Bonchev–Trinajstić information content (AvgIpc) is 2.80. The largest absolute Gasteiger partial charge is 0.481 e. The van der Waals surface area contributed by atoms with E-state index in [4.69, 9.17) is 5.11 Å². The van der Waals surface area contributed by atoms with Gasteiger partial charge in [0.25, 0.3) is 0 Å². The Hall–Kier alpha value is -1.29. The van der Waals surface area contributed by atoms with Gasteiger partial charge in [-0.1, -0.05) is 13.3 Å². The lowest BCUT2D eigenvalue weighted by atomic mass is 10.0. The first-order chi connectivity index (χ1) is 8.61. The van der Waals surface area contributed by atoms with Crippen LogP contribution in [0.5, 0.6) is 0 Å². The van der Waals surface area contributed by atoms with E-state index in [0.717, 1.165) is 32.5 Å². The molecule has 0 spiro atoms. The lowest BCUT2D eigenvalue weighted by Crippen LogP contribution is -2.28. The molecule has 0 fully saturated rings. The predicted octanol–water partition coefficient (Wildman–Crippen LogP) is 2.31. The van der Waals surface area contributed by atoms with Gasteiger partial charge in [-0.25, -0.2) is 0 Å². The molecular formula is C14H24N2O2. The van der Waals surface area contributed by atoms with Gasteiger partial charge in [0.05, 0.1) is 0 Å². The first kappa shape index (κ1) is 14.8. The van der Waals surface area contributed by atoms with Crippen LogP contribution in [0, 0.1) is 5.92 Å². The fraction of sp³-hybridized carbons (Fsp3) is 0.643. The highest BCUT2D eigenvalue weighted by Crippen LogP contribution is 2.10. The molecule has 0 saturated heterocycles. The predicted molar refractivity (Wildman–Crippen MR) is 72.6 cm³/mol. The Balaban J connectivity index is 2.19. The van der Waals surface area contributed by atoms with Crippen LogP contribution in [-0.2, 0) is 11.3 Å². The second-order valence-electron chi connectivity index (χ2n) is 4.91. The Bertz CT molecular complexity index is 336. The van der Waals surface area contributed by atoms with Crippen molar-refractivity contribution in [3.8, 4) is 0 Å². The molecule has 0 aromatic carbocycles. The van der Waals surface area contributed by atoms with Crippen LogP contribution in [0.4, 0.5) is 0 Å². The quantitative estimate of drug-likeness (QED) is 0.733. The molecule has 4 nitrogen and oxygen atoms in total. The van der Waals surface area contributed by atoms with Crippen molar-refractivity contribution >= 4 is 5.97 Å². The van der Waals surface area contributed by atoms with Gasteiger partial charge in [0.1, 0.15) is 0 Å². The molecule has 1 aromatic heterocycles.